The lowest BCUT2D eigenvalue weighted by atomic mass is 10.2. The Labute approximate surface area is 127 Å². The van der Waals surface area contributed by atoms with E-state index in [9.17, 15) is 13.2 Å². The molecule has 1 N–H and O–H groups in total. The van der Waals surface area contributed by atoms with Crippen LogP contribution in [-0.4, -0.2) is 36.4 Å². The van der Waals surface area contributed by atoms with Crippen molar-refractivity contribution >= 4 is 31.9 Å². The van der Waals surface area contributed by atoms with Crippen LogP contribution in [-0.2, 0) is 10.0 Å². The zero-order chi connectivity index (χ0) is 15.5. The molecule has 0 aliphatic rings. The largest absolute Gasteiger partial charge is 0.478 e. The van der Waals surface area contributed by atoms with Gasteiger partial charge in [-0.3, -0.25) is 0 Å². The summed E-state index contributed by atoms with van der Waals surface area (Å²) in [5.74, 6) is -1.09. The molecule has 0 radical (unpaired) electrons. The molecule has 5 nitrogen and oxygen atoms in total. The van der Waals surface area contributed by atoms with Crippen molar-refractivity contribution in [2.45, 2.75) is 38.1 Å². The third-order valence-corrected chi connectivity index (χ3v) is 6.23. The second-order valence-corrected chi connectivity index (χ2v) is 7.13. The lowest BCUT2D eigenvalue weighted by molar-refractivity contribution is 0.0696. The van der Waals surface area contributed by atoms with Gasteiger partial charge in [0.1, 0.15) is 0 Å². The van der Waals surface area contributed by atoms with Gasteiger partial charge in [-0.15, -0.1) is 0 Å². The molecule has 0 aliphatic heterocycles. The van der Waals surface area contributed by atoms with Crippen LogP contribution in [0.4, 0.5) is 0 Å². The zero-order valence-corrected chi connectivity index (χ0v) is 14.0. The van der Waals surface area contributed by atoms with E-state index in [-0.39, 0.29) is 21.0 Å². The minimum absolute atomic E-state index is 0.0439. The van der Waals surface area contributed by atoms with Crippen LogP contribution in [0.2, 0.25) is 0 Å². The predicted molar refractivity (Wildman–Crippen MR) is 80.4 cm³/mol. The van der Waals surface area contributed by atoms with Crippen LogP contribution in [0, 0.1) is 0 Å². The number of carboxylic acid groups (broad SMARTS) is 1. The minimum Gasteiger partial charge on any atom is -0.478 e. The van der Waals surface area contributed by atoms with Crippen LogP contribution < -0.4 is 0 Å². The number of rotatable bonds is 6. The summed E-state index contributed by atoms with van der Waals surface area (Å²) in [4.78, 5) is 11.0. The smallest absolute Gasteiger partial charge is 0.335 e. The first-order valence-electron chi connectivity index (χ1n) is 6.30. The summed E-state index contributed by atoms with van der Waals surface area (Å²) in [5, 5.41) is 8.90. The minimum atomic E-state index is -3.64. The normalized spacial score (nSPS) is 13.4. The van der Waals surface area contributed by atoms with Gasteiger partial charge in [0.25, 0.3) is 0 Å². The van der Waals surface area contributed by atoms with E-state index in [0.29, 0.717) is 13.0 Å². The number of benzene rings is 1. The third kappa shape index (κ3) is 3.39. The lowest BCUT2D eigenvalue weighted by Crippen LogP contribution is -2.38. The topological polar surface area (TPSA) is 74.7 Å². The van der Waals surface area contributed by atoms with Crippen molar-refractivity contribution in [3.8, 4) is 0 Å². The lowest BCUT2D eigenvalue weighted by Gasteiger charge is -2.26. The van der Waals surface area contributed by atoms with Crippen LogP contribution in [0.25, 0.3) is 0 Å². The van der Waals surface area contributed by atoms with E-state index in [2.05, 4.69) is 15.9 Å². The first kappa shape index (κ1) is 17.1. The van der Waals surface area contributed by atoms with Crippen molar-refractivity contribution in [2.24, 2.45) is 0 Å². The summed E-state index contributed by atoms with van der Waals surface area (Å²) in [6.45, 7) is 5.92. The van der Waals surface area contributed by atoms with Crippen LogP contribution in [0.5, 0.6) is 0 Å². The molecule has 0 spiro atoms. The van der Waals surface area contributed by atoms with Gasteiger partial charge in [-0.25, -0.2) is 13.2 Å². The molecule has 0 aromatic heterocycles. The molecule has 0 amide bonds. The molecule has 7 heteroatoms. The van der Waals surface area contributed by atoms with Crippen molar-refractivity contribution < 1.29 is 18.3 Å². The maximum atomic E-state index is 12.6. The van der Waals surface area contributed by atoms with Gasteiger partial charge in [-0.05, 0) is 47.5 Å². The van der Waals surface area contributed by atoms with E-state index < -0.39 is 16.0 Å². The number of hydrogen-bond acceptors (Lipinski definition) is 3. The summed E-state index contributed by atoms with van der Waals surface area (Å²) in [7, 11) is -3.64. The van der Waals surface area contributed by atoms with E-state index in [1.165, 1.54) is 22.5 Å². The molecular weight excluding hydrogens is 346 g/mol. The van der Waals surface area contributed by atoms with Gasteiger partial charge in [-0.2, -0.15) is 4.31 Å². The second kappa shape index (κ2) is 6.69. The van der Waals surface area contributed by atoms with Crippen molar-refractivity contribution in [2.75, 3.05) is 6.54 Å². The van der Waals surface area contributed by atoms with Crippen LogP contribution in [0.1, 0.15) is 37.6 Å². The Balaban J connectivity index is 3.31. The molecule has 0 saturated carbocycles. The average molecular weight is 364 g/mol. The Hall–Kier alpha value is -0.920. The Morgan fingerprint density at radius 1 is 1.40 bits per heavy atom. The first-order valence-corrected chi connectivity index (χ1v) is 8.53. The molecule has 0 heterocycles. The Morgan fingerprint density at radius 2 is 2.00 bits per heavy atom. The van der Waals surface area contributed by atoms with Crippen LogP contribution in [0.15, 0.2) is 27.6 Å². The van der Waals surface area contributed by atoms with Gasteiger partial charge in [0, 0.05) is 17.1 Å². The molecule has 112 valence electrons. The molecule has 0 saturated heterocycles. The summed E-state index contributed by atoms with van der Waals surface area (Å²) in [5.41, 5.74) is 0.0439. The number of carboxylic acids is 1. The van der Waals surface area contributed by atoms with Crippen LogP contribution >= 0.6 is 15.9 Å². The van der Waals surface area contributed by atoms with Crippen molar-refractivity contribution in [3.05, 3.63) is 28.2 Å². The monoisotopic (exact) mass is 363 g/mol. The molecule has 1 atom stereocenters. The highest BCUT2D eigenvalue weighted by molar-refractivity contribution is 9.10. The Kier molecular flexibility index (Phi) is 5.73. The fourth-order valence-electron chi connectivity index (χ4n) is 1.89. The third-order valence-electron chi connectivity index (χ3n) is 3.16. The molecular formula is C13H18BrNO4S. The summed E-state index contributed by atoms with van der Waals surface area (Å²) >= 11 is 3.15. The average Bonchev–Trinajstić information content (AvgIpc) is 2.38. The zero-order valence-electron chi connectivity index (χ0n) is 11.6. The highest BCUT2D eigenvalue weighted by Crippen LogP contribution is 2.27. The molecule has 1 aromatic rings. The van der Waals surface area contributed by atoms with Gasteiger partial charge >= 0.3 is 5.97 Å². The SMILES string of the molecule is CCC(C)N(CC)S(=O)(=O)c1ccc(C(=O)O)cc1Br. The number of sulfonamides is 1. The quantitative estimate of drug-likeness (QED) is 0.842. The Morgan fingerprint density at radius 3 is 2.40 bits per heavy atom. The number of carbonyl (C=O) groups is 1. The fraction of sp³-hybridized carbons (Fsp3) is 0.462. The molecule has 0 fully saturated rings. The van der Waals surface area contributed by atoms with Crippen molar-refractivity contribution in [1.29, 1.82) is 0 Å². The van der Waals surface area contributed by atoms with E-state index in [1.807, 2.05) is 13.8 Å². The highest BCUT2D eigenvalue weighted by Gasteiger charge is 2.28. The highest BCUT2D eigenvalue weighted by atomic mass is 79.9. The van der Waals surface area contributed by atoms with E-state index in [4.69, 9.17) is 5.11 Å². The van der Waals surface area contributed by atoms with Crippen molar-refractivity contribution in [3.63, 3.8) is 0 Å². The van der Waals surface area contributed by atoms with Crippen molar-refractivity contribution in [1.82, 2.24) is 4.31 Å². The summed E-state index contributed by atoms with van der Waals surface area (Å²) in [6, 6.07) is 3.81. The van der Waals surface area contributed by atoms with Gasteiger partial charge in [0.15, 0.2) is 0 Å². The molecule has 1 rings (SSSR count). The molecule has 0 bridgehead atoms. The standard InChI is InChI=1S/C13H18BrNO4S/c1-4-9(3)15(5-2)20(18,19)12-7-6-10(13(16)17)8-11(12)14/h6-9H,4-5H2,1-3H3,(H,16,17). The van der Waals surface area contributed by atoms with E-state index >= 15 is 0 Å². The van der Waals surface area contributed by atoms with Gasteiger partial charge in [0.2, 0.25) is 10.0 Å². The molecule has 1 aromatic carbocycles. The van der Waals surface area contributed by atoms with Gasteiger partial charge in [0.05, 0.1) is 10.5 Å². The van der Waals surface area contributed by atoms with Gasteiger partial charge in [-0.1, -0.05) is 13.8 Å². The number of nitrogens with zero attached hydrogens (tertiary/aromatic N) is 1. The van der Waals surface area contributed by atoms with Gasteiger partial charge < -0.3 is 5.11 Å². The molecule has 1 unspecified atom stereocenters. The van der Waals surface area contributed by atoms with Crippen LogP contribution in [0.3, 0.4) is 0 Å². The number of aromatic carboxylic acids is 1. The molecule has 20 heavy (non-hydrogen) atoms. The summed E-state index contributed by atoms with van der Waals surface area (Å²) < 4.78 is 26.9. The maximum Gasteiger partial charge on any atom is 0.335 e. The van der Waals surface area contributed by atoms with E-state index in [1.54, 1.807) is 6.92 Å². The fourth-order valence-corrected chi connectivity index (χ4v) is 4.64. The van der Waals surface area contributed by atoms with E-state index in [0.717, 1.165) is 0 Å². The maximum absolute atomic E-state index is 12.6. The summed E-state index contributed by atoms with van der Waals surface area (Å²) in [6.07, 6.45) is 0.706. The predicted octanol–water partition coefficient (Wildman–Crippen LogP) is 2.96. The number of hydrogen-bond donors (Lipinski definition) is 1. The number of halogens is 1. The Bertz CT molecular complexity index is 600. The first-order chi connectivity index (χ1) is 9.25. The molecule has 0 aliphatic carbocycles. The second-order valence-electron chi connectivity index (χ2n) is 4.42.